The van der Waals surface area contributed by atoms with Gasteiger partial charge in [-0.25, -0.2) is 0 Å². The van der Waals surface area contributed by atoms with Crippen molar-refractivity contribution in [1.82, 2.24) is 10.1 Å². The van der Waals surface area contributed by atoms with Gasteiger partial charge in [0.05, 0.1) is 12.1 Å². The lowest BCUT2D eigenvalue weighted by atomic mass is 9.77. The summed E-state index contributed by atoms with van der Waals surface area (Å²) in [6, 6.07) is 7.15. The summed E-state index contributed by atoms with van der Waals surface area (Å²) in [6.45, 7) is 2.53. The Morgan fingerprint density at radius 2 is 2.04 bits per heavy atom. The number of rotatable bonds is 7. The molecule has 1 aromatic carbocycles. The molecule has 1 aliphatic rings. The fourth-order valence-electron chi connectivity index (χ4n) is 2.61. The van der Waals surface area contributed by atoms with Crippen molar-refractivity contribution < 1.29 is 14.1 Å². The van der Waals surface area contributed by atoms with E-state index in [0.29, 0.717) is 36.7 Å². The molecule has 1 saturated carbocycles. The molecular weight excluding hydrogens is 330 g/mol. The summed E-state index contributed by atoms with van der Waals surface area (Å²) in [5.74, 6) is 1.83. The van der Waals surface area contributed by atoms with E-state index in [2.05, 4.69) is 10.1 Å². The van der Waals surface area contributed by atoms with Gasteiger partial charge in [-0.2, -0.15) is 4.98 Å². The summed E-state index contributed by atoms with van der Waals surface area (Å²) >= 11 is 0. The first-order valence-corrected chi connectivity index (χ1v) is 7.99. The highest BCUT2D eigenvalue weighted by Crippen LogP contribution is 2.36. The molecule has 0 bridgehead atoms. The van der Waals surface area contributed by atoms with Gasteiger partial charge >= 0.3 is 0 Å². The molecule has 1 aromatic heterocycles. The molecule has 0 spiro atoms. The normalized spacial score (nSPS) is 15.2. The molecule has 24 heavy (non-hydrogen) atoms. The molecule has 0 saturated heterocycles. The number of carbonyl (C=O) groups is 1. The Labute approximate surface area is 147 Å². The molecule has 130 valence electrons. The molecule has 6 nitrogen and oxygen atoms in total. The van der Waals surface area contributed by atoms with Crippen LogP contribution in [-0.2, 0) is 12.0 Å². The van der Waals surface area contributed by atoms with Gasteiger partial charge in [-0.1, -0.05) is 5.16 Å². The standard InChI is InChI=1S/C17H21N3O3.ClH/c1-2-22-13-6-4-12(5-7-13)14(21)8-9-15-19-16(20-23-15)17(18)10-3-11-17;/h4-7H,2-3,8-11,18H2,1H3;1H. The van der Waals surface area contributed by atoms with E-state index >= 15 is 0 Å². The number of benzene rings is 1. The second-order valence-electron chi connectivity index (χ2n) is 5.90. The zero-order valence-electron chi connectivity index (χ0n) is 13.7. The second kappa shape index (κ2) is 7.77. The van der Waals surface area contributed by atoms with Gasteiger partial charge in [0.15, 0.2) is 11.6 Å². The van der Waals surface area contributed by atoms with Crippen molar-refractivity contribution in [1.29, 1.82) is 0 Å². The number of aromatic nitrogens is 2. The topological polar surface area (TPSA) is 91.2 Å². The maximum Gasteiger partial charge on any atom is 0.227 e. The van der Waals surface area contributed by atoms with E-state index in [4.69, 9.17) is 15.0 Å². The van der Waals surface area contributed by atoms with Crippen molar-refractivity contribution in [3.05, 3.63) is 41.5 Å². The fourth-order valence-corrected chi connectivity index (χ4v) is 2.61. The molecule has 1 fully saturated rings. The van der Waals surface area contributed by atoms with Crippen LogP contribution in [0.25, 0.3) is 0 Å². The van der Waals surface area contributed by atoms with Gasteiger partial charge in [0.2, 0.25) is 5.89 Å². The van der Waals surface area contributed by atoms with E-state index in [-0.39, 0.29) is 18.2 Å². The average molecular weight is 352 g/mol. The zero-order valence-corrected chi connectivity index (χ0v) is 14.5. The minimum Gasteiger partial charge on any atom is -0.494 e. The molecular formula is C17H22ClN3O3. The molecule has 1 aliphatic carbocycles. The van der Waals surface area contributed by atoms with Gasteiger partial charge in [-0.15, -0.1) is 12.4 Å². The number of ether oxygens (including phenoxy) is 1. The Balaban J connectivity index is 0.00000208. The minimum atomic E-state index is -0.430. The van der Waals surface area contributed by atoms with E-state index in [0.717, 1.165) is 25.0 Å². The lowest BCUT2D eigenvalue weighted by Crippen LogP contribution is -2.44. The summed E-state index contributed by atoms with van der Waals surface area (Å²) < 4.78 is 10.6. The monoisotopic (exact) mass is 351 g/mol. The molecule has 2 N–H and O–H groups in total. The van der Waals surface area contributed by atoms with Crippen LogP contribution < -0.4 is 10.5 Å². The molecule has 2 aromatic rings. The SMILES string of the molecule is CCOc1ccc(C(=O)CCc2nc(C3(N)CCC3)no2)cc1.Cl. The first-order chi connectivity index (χ1) is 11.1. The maximum absolute atomic E-state index is 12.2. The lowest BCUT2D eigenvalue weighted by molar-refractivity contribution is 0.0979. The Hall–Kier alpha value is -1.92. The predicted molar refractivity (Wildman–Crippen MR) is 91.5 cm³/mol. The third-order valence-electron chi connectivity index (χ3n) is 4.21. The fraction of sp³-hybridized carbons (Fsp3) is 0.471. The van der Waals surface area contributed by atoms with Crippen molar-refractivity contribution in [2.75, 3.05) is 6.61 Å². The van der Waals surface area contributed by atoms with Gasteiger partial charge in [-0.05, 0) is 50.5 Å². The van der Waals surface area contributed by atoms with Gasteiger partial charge in [0, 0.05) is 18.4 Å². The van der Waals surface area contributed by atoms with E-state index in [1.165, 1.54) is 0 Å². The van der Waals surface area contributed by atoms with Crippen molar-refractivity contribution in [2.24, 2.45) is 5.73 Å². The van der Waals surface area contributed by atoms with Crippen LogP contribution in [0.5, 0.6) is 5.75 Å². The highest BCUT2D eigenvalue weighted by Gasteiger charge is 2.38. The Bertz CT molecular complexity index is 681. The van der Waals surface area contributed by atoms with Gasteiger partial charge in [0.1, 0.15) is 5.75 Å². The molecule has 7 heteroatoms. The molecule has 0 atom stereocenters. The number of hydrogen-bond donors (Lipinski definition) is 1. The first-order valence-electron chi connectivity index (χ1n) is 7.99. The summed E-state index contributed by atoms with van der Waals surface area (Å²) in [4.78, 5) is 16.5. The molecule has 0 radical (unpaired) electrons. The summed E-state index contributed by atoms with van der Waals surface area (Å²) in [6.07, 6.45) is 3.62. The van der Waals surface area contributed by atoms with Crippen LogP contribution in [0.1, 0.15) is 54.7 Å². The first kappa shape index (κ1) is 18.4. The van der Waals surface area contributed by atoms with Crippen LogP contribution in [0.3, 0.4) is 0 Å². The number of nitrogens with zero attached hydrogens (tertiary/aromatic N) is 2. The Kier molecular flexibility index (Phi) is 5.96. The number of nitrogens with two attached hydrogens (primary N) is 1. The zero-order chi connectivity index (χ0) is 16.3. The average Bonchev–Trinajstić information content (AvgIpc) is 3.00. The largest absolute Gasteiger partial charge is 0.494 e. The Morgan fingerprint density at radius 3 is 2.62 bits per heavy atom. The maximum atomic E-state index is 12.2. The third kappa shape index (κ3) is 3.94. The van der Waals surface area contributed by atoms with Crippen LogP contribution in [0.15, 0.2) is 28.8 Å². The van der Waals surface area contributed by atoms with Gasteiger partial charge in [0.25, 0.3) is 0 Å². The van der Waals surface area contributed by atoms with Gasteiger partial charge in [-0.3, -0.25) is 4.79 Å². The molecule has 3 rings (SSSR count). The molecule has 0 aliphatic heterocycles. The van der Waals surface area contributed by atoms with Crippen LogP contribution in [-0.4, -0.2) is 22.5 Å². The number of Topliss-reactive ketones (excluding diaryl/α,β-unsaturated/α-hetero) is 1. The van der Waals surface area contributed by atoms with Crippen molar-refractivity contribution in [3.63, 3.8) is 0 Å². The van der Waals surface area contributed by atoms with E-state index in [9.17, 15) is 4.79 Å². The molecule has 1 heterocycles. The number of hydrogen-bond acceptors (Lipinski definition) is 6. The van der Waals surface area contributed by atoms with E-state index in [1.54, 1.807) is 24.3 Å². The smallest absolute Gasteiger partial charge is 0.227 e. The molecule has 0 amide bonds. The van der Waals surface area contributed by atoms with Crippen LogP contribution >= 0.6 is 12.4 Å². The lowest BCUT2D eigenvalue weighted by Gasteiger charge is -2.34. The minimum absolute atomic E-state index is 0. The number of aryl methyl sites for hydroxylation is 1. The number of halogens is 1. The van der Waals surface area contributed by atoms with Crippen molar-refractivity contribution in [3.8, 4) is 5.75 Å². The Morgan fingerprint density at radius 1 is 1.33 bits per heavy atom. The summed E-state index contributed by atoms with van der Waals surface area (Å²) in [5, 5.41) is 3.95. The molecule has 0 unspecified atom stereocenters. The van der Waals surface area contributed by atoms with Crippen molar-refractivity contribution in [2.45, 2.75) is 44.6 Å². The van der Waals surface area contributed by atoms with E-state index < -0.39 is 5.54 Å². The number of ketones is 1. The highest BCUT2D eigenvalue weighted by atomic mass is 35.5. The van der Waals surface area contributed by atoms with Crippen molar-refractivity contribution >= 4 is 18.2 Å². The summed E-state index contributed by atoms with van der Waals surface area (Å²) in [7, 11) is 0. The predicted octanol–water partition coefficient (Wildman–Crippen LogP) is 3.04. The number of carbonyl (C=O) groups excluding carboxylic acids is 1. The second-order valence-corrected chi connectivity index (χ2v) is 5.90. The van der Waals surface area contributed by atoms with E-state index in [1.807, 2.05) is 6.92 Å². The van der Waals surface area contributed by atoms with Gasteiger partial charge < -0.3 is 15.0 Å². The van der Waals surface area contributed by atoms with Crippen LogP contribution in [0, 0.1) is 0 Å². The third-order valence-corrected chi connectivity index (χ3v) is 4.21. The quantitative estimate of drug-likeness (QED) is 0.771. The summed E-state index contributed by atoms with van der Waals surface area (Å²) in [5.41, 5.74) is 6.38. The highest BCUT2D eigenvalue weighted by molar-refractivity contribution is 5.96. The van der Waals surface area contributed by atoms with Crippen LogP contribution in [0.4, 0.5) is 0 Å². The van der Waals surface area contributed by atoms with Crippen LogP contribution in [0.2, 0.25) is 0 Å².